The van der Waals surface area contributed by atoms with E-state index in [2.05, 4.69) is 5.32 Å². The zero-order chi connectivity index (χ0) is 17.7. The second-order valence-corrected chi connectivity index (χ2v) is 4.93. The molecule has 0 fully saturated rings. The highest BCUT2D eigenvalue weighted by Gasteiger charge is 2.13. The van der Waals surface area contributed by atoms with Crippen molar-refractivity contribution < 1.29 is 24.4 Å². The van der Waals surface area contributed by atoms with E-state index in [9.17, 15) is 19.7 Å². The summed E-state index contributed by atoms with van der Waals surface area (Å²) in [5.74, 6) is -1.34. The lowest BCUT2D eigenvalue weighted by Gasteiger charge is -2.09. The number of hydrogen-bond donors (Lipinski definition) is 2. The van der Waals surface area contributed by atoms with Crippen LogP contribution in [0.25, 0.3) is 0 Å². The molecule has 0 saturated carbocycles. The Morgan fingerprint density at radius 1 is 1.21 bits per heavy atom. The van der Waals surface area contributed by atoms with Crippen LogP contribution in [0, 0.1) is 17.0 Å². The van der Waals surface area contributed by atoms with Crippen molar-refractivity contribution >= 4 is 23.3 Å². The molecule has 0 atom stereocenters. The Morgan fingerprint density at radius 2 is 1.88 bits per heavy atom. The van der Waals surface area contributed by atoms with Crippen LogP contribution in [-0.2, 0) is 9.53 Å². The average Bonchev–Trinajstić information content (AvgIpc) is 2.55. The maximum atomic E-state index is 11.8. The molecule has 0 aliphatic carbocycles. The van der Waals surface area contributed by atoms with Gasteiger partial charge in [0.25, 0.3) is 11.6 Å². The summed E-state index contributed by atoms with van der Waals surface area (Å²) in [6, 6.07) is 9.44. The highest BCUT2D eigenvalue weighted by atomic mass is 16.6. The average molecular weight is 330 g/mol. The van der Waals surface area contributed by atoms with Gasteiger partial charge in [-0.05, 0) is 36.8 Å². The molecule has 0 aliphatic heterocycles. The van der Waals surface area contributed by atoms with Gasteiger partial charge < -0.3 is 15.2 Å². The van der Waals surface area contributed by atoms with Crippen molar-refractivity contribution in [2.45, 2.75) is 6.92 Å². The molecule has 8 heteroatoms. The minimum absolute atomic E-state index is 0.00504. The number of rotatable bonds is 5. The van der Waals surface area contributed by atoms with E-state index in [1.54, 1.807) is 6.92 Å². The van der Waals surface area contributed by atoms with Crippen LogP contribution in [0.15, 0.2) is 42.5 Å². The van der Waals surface area contributed by atoms with E-state index in [0.717, 1.165) is 0 Å². The van der Waals surface area contributed by atoms with Crippen molar-refractivity contribution in [3.63, 3.8) is 0 Å². The number of aromatic hydroxyl groups is 1. The molecule has 1 amide bonds. The van der Waals surface area contributed by atoms with Crippen LogP contribution in [0.3, 0.4) is 0 Å². The maximum Gasteiger partial charge on any atom is 0.338 e. The third-order valence-electron chi connectivity index (χ3n) is 3.14. The SMILES string of the molecule is Cc1ccc([N+](=O)[O-])cc1NC(=O)COC(=O)c1ccc(O)cc1. The minimum Gasteiger partial charge on any atom is -0.508 e. The van der Waals surface area contributed by atoms with Crippen LogP contribution in [0.1, 0.15) is 15.9 Å². The van der Waals surface area contributed by atoms with Crippen molar-refractivity contribution in [2.75, 3.05) is 11.9 Å². The molecule has 24 heavy (non-hydrogen) atoms. The summed E-state index contributed by atoms with van der Waals surface area (Å²) in [7, 11) is 0. The maximum absolute atomic E-state index is 11.8. The van der Waals surface area contributed by atoms with Crippen LogP contribution in [0.2, 0.25) is 0 Å². The molecule has 0 radical (unpaired) electrons. The lowest BCUT2D eigenvalue weighted by molar-refractivity contribution is -0.384. The number of amides is 1. The predicted molar refractivity (Wildman–Crippen MR) is 84.9 cm³/mol. The van der Waals surface area contributed by atoms with Gasteiger partial charge in [0.05, 0.1) is 16.2 Å². The number of carbonyl (C=O) groups is 2. The second-order valence-electron chi connectivity index (χ2n) is 4.93. The first-order valence-corrected chi connectivity index (χ1v) is 6.88. The van der Waals surface area contributed by atoms with Crippen molar-refractivity contribution in [1.82, 2.24) is 0 Å². The van der Waals surface area contributed by atoms with E-state index >= 15 is 0 Å². The number of ether oxygens (including phenoxy) is 1. The van der Waals surface area contributed by atoms with Crippen LogP contribution in [-0.4, -0.2) is 28.5 Å². The Hall–Kier alpha value is -3.42. The Morgan fingerprint density at radius 3 is 2.50 bits per heavy atom. The number of esters is 1. The Bertz CT molecular complexity index is 786. The number of phenols is 1. The van der Waals surface area contributed by atoms with E-state index < -0.39 is 23.4 Å². The Labute approximate surface area is 136 Å². The number of hydrogen-bond acceptors (Lipinski definition) is 6. The summed E-state index contributed by atoms with van der Waals surface area (Å²) in [5.41, 5.74) is 0.942. The number of nitro benzene ring substituents is 1. The number of non-ortho nitro benzene ring substituents is 1. The van der Waals surface area contributed by atoms with Crippen LogP contribution >= 0.6 is 0 Å². The zero-order valence-electron chi connectivity index (χ0n) is 12.7. The number of anilines is 1. The first-order valence-electron chi connectivity index (χ1n) is 6.88. The zero-order valence-corrected chi connectivity index (χ0v) is 12.7. The van der Waals surface area contributed by atoms with Crippen molar-refractivity contribution in [2.24, 2.45) is 0 Å². The van der Waals surface area contributed by atoms with Gasteiger partial charge in [0.2, 0.25) is 0 Å². The van der Waals surface area contributed by atoms with Gasteiger partial charge in [0.15, 0.2) is 6.61 Å². The van der Waals surface area contributed by atoms with Gasteiger partial charge >= 0.3 is 5.97 Å². The molecule has 0 saturated heterocycles. The molecule has 0 spiro atoms. The van der Waals surface area contributed by atoms with Crippen LogP contribution in [0.4, 0.5) is 11.4 Å². The van der Waals surface area contributed by atoms with Gasteiger partial charge in [0.1, 0.15) is 5.75 Å². The monoisotopic (exact) mass is 330 g/mol. The minimum atomic E-state index is -0.721. The first-order chi connectivity index (χ1) is 11.4. The number of phenolic OH excluding ortho intramolecular Hbond substituents is 1. The normalized spacial score (nSPS) is 10.0. The van der Waals surface area contributed by atoms with E-state index in [0.29, 0.717) is 5.56 Å². The third kappa shape index (κ3) is 4.29. The number of benzene rings is 2. The van der Waals surface area contributed by atoms with Gasteiger partial charge in [0, 0.05) is 12.1 Å². The molecule has 2 N–H and O–H groups in total. The van der Waals surface area contributed by atoms with Crippen molar-refractivity contribution in [3.8, 4) is 5.75 Å². The van der Waals surface area contributed by atoms with E-state index in [1.165, 1.54) is 42.5 Å². The summed E-state index contributed by atoms with van der Waals surface area (Å²) < 4.78 is 4.85. The fraction of sp³-hybridized carbons (Fsp3) is 0.125. The summed E-state index contributed by atoms with van der Waals surface area (Å²) in [6.45, 7) is 1.14. The number of nitro groups is 1. The smallest absolute Gasteiger partial charge is 0.338 e. The lowest BCUT2D eigenvalue weighted by atomic mass is 10.2. The number of aryl methyl sites for hydroxylation is 1. The summed E-state index contributed by atoms with van der Waals surface area (Å²) in [6.07, 6.45) is 0. The van der Waals surface area contributed by atoms with Gasteiger partial charge in [-0.15, -0.1) is 0 Å². The molecule has 8 nitrogen and oxygen atoms in total. The molecule has 0 bridgehead atoms. The number of carbonyl (C=O) groups excluding carboxylic acids is 2. The van der Waals surface area contributed by atoms with E-state index in [4.69, 9.17) is 9.84 Å². The van der Waals surface area contributed by atoms with Crippen LogP contribution in [0.5, 0.6) is 5.75 Å². The highest BCUT2D eigenvalue weighted by molar-refractivity contribution is 5.96. The van der Waals surface area contributed by atoms with Crippen LogP contribution < -0.4 is 5.32 Å². The summed E-state index contributed by atoms with van der Waals surface area (Å²) in [5, 5.41) is 22.4. The van der Waals surface area contributed by atoms with Crippen molar-refractivity contribution in [1.29, 1.82) is 0 Å². The standard InChI is InChI=1S/C16H14N2O6/c1-10-2-5-12(18(22)23)8-14(10)17-15(20)9-24-16(21)11-3-6-13(19)7-4-11/h2-8,19H,9H2,1H3,(H,17,20). The quantitative estimate of drug-likeness (QED) is 0.493. The number of nitrogens with zero attached hydrogens (tertiary/aromatic N) is 1. The molecule has 0 heterocycles. The molecule has 2 aromatic carbocycles. The van der Waals surface area contributed by atoms with E-state index in [1.807, 2.05) is 0 Å². The summed E-state index contributed by atoms with van der Waals surface area (Å²) in [4.78, 5) is 33.8. The molecule has 0 aliphatic rings. The fourth-order valence-corrected chi connectivity index (χ4v) is 1.86. The van der Waals surface area contributed by atoms with Gasteiger partial charge in [-0.3, -0.25) is 14.9 Å². The Balaban J connectivity index is 1.96. The third-order valence-corrected chi connectivity index (χ3v) is 3.14. The molecule has 0 unspecified atom stereocenters. The van der Waals surface area contributed by atoms with Crippen molar-refractivity contribution in [3.05, 3.63) is 63.7 Å². The lowest BCUT2D eigenvalue weighted by Crippen LogP contribution is -2.21. The van der Waals surface area contributed by atoms with E-state index in [-0.39, 0.29) is 22.7 Å². The first kappa shape index (κ1) is 16.9. The molecule has 0 aromatic heterocycles. The molecule has 2 aromatic rings. The predicted octanol–water partition coefficient (Wildman–Crippen LogP) is 2.40. The summed E-state index contributed by atoms with van der Waals surface area (Å²) >= 11 is 0. The topological polar surface area (TPSA) is 119 Å². The second kappa shape index (κ2) is 7.23. The molecule has 2 rings (SSSR count). The van der Waals surface area contributed by atoms with Gasteiger partial charge in [-0.1, -0.05) is 6.07 Å². The Kier molecular flexibility index (Phi) is 5.10. The largest absolute Gasteiger partial charge is 0.508 e. The molecular formula is C16H14N2O6. The van der Waals surface area contributed by atoms with Gasteiger partial charge in [-0.2, -0.15) is 0 Å². The highest BCUT2D eigenvalue weighted by Crippen LogP contribution is 2.21. The molecular weight excluding hydrogens is 316 g/mol. The van der Waals surface area contributed by atoms with Gasteiger partial charge in [-0.25, -0.2) is 4.79 Å². The number of nitrogens with one attached hydrogen (secondary N) is 1. The molecule has 124 valence electrons. The fourth-order valence-electron chi connectivity index (χ4n) is 1.86.